The molecule has 140 valence electrons. The number of aromatic hydroxyl groups is 1. The summed E-state index contributed by atoms with van der Waals surface area (Å²) in [5.41, 5.74) is 2.43. The van der Waals surface area contributed by atoms with Gasteiger partial charge in [-0.25, -0.2) is 5.43 Å². The molecule has 0 fully saturated rings. The first kappa shape index (κ1) is 20.8. The number of phenolic OH excluding ortho intramolecular Hbond substituents is 1. The lowest BCUT2D eigenvalue weighted by Gasteiger charge is -2.24. The largest absolute Gasteiger partial charge is 0.504 e. The normalized spacial score (nSPS) is 16.2. The number of hydrogen-bond acceptors (Lipinski definition) is 9. The number of nitrogens with zero attached hydrogens (tertiary/aromatic N) is 1. The fourth-order valence-corrected chi connectivity index (χ4v) is 1.80. The van der Waals surface area contributed by atoms with Crippen LogP contribution in [0.4, 0.5) is 0 Å². The summed E-state index contributed by atoms with van der Waals surface area (Å²) in [5.74, 6) is -0.955. The van der Waals surface area contributed by atoms with Gasteiger partial charge >= 0.3 is 0 Å². The minimum atomic E-state index is -2.08. The van der Waals surface area contributed by atoms with Crippen LogP contribution in [-0.4, -0.2) is 80.4 Å². The lowest BCUT2D eigenvalue weighted by atomic mass is 10.0. The first-order chi connectivity index (χ1) is 11.8. The Morgan fingerprint density at radius 1 is 1.28 bits per heavy atom. The third-order valence-corrected chi connectivity index (χ3v) is 3.20. The van der Waals surface area contributed by atoms with Crippen LogP contribution in [0.5, 0.6) is 11.5 Å². The molecule has 0 saturated carbocycles. The molecule has 0 aliphatic heterocycles. The molecule has 0 radical (unpaired) electrons. The number of nitrogens with one attached hydrogen (secondary N) is 1. The van der Waals surface area contributed by atoms with Crippen LogP contribution in [0.1, 0.15) is 12.5 Å². The highest BCUT2D eigenvalue weighted by atomic mass is 16.5. The average molecular weight is 358 g/mol. The van der Waals surface area contributed by atoms with Crippen molar-refractivity contribution in [2.24, 2.45) is 5.10 Å². The zero-order valence-electron chi connectivity index (χ0n) is 13.5. The van der Waals surface area contributed by atoms with Crippen LogP contribution in [0, 0.1) is 0 Å². The summed E-state index contributed by atoms with van der Waals surface area (Å²) >= 11 is 0. The number of ether oxygens (including phenoxy) is 1. The Hall–Kier alpha value is -2.24. The molecule has 10 nitrogen and oxygen atoms in total. The van der Waals surface area contributed by atoms with E-state index in [1.807, 2.05) is 5.43 Å². The molecule has 25 heavy (non-hydrogen) atoms. The second-order valence-corrected chi connectivity index (χ2v) is 5.07. The van der Waals surface area contributed by atoms with Gasteiger partial charge in [0, 0.05) is 0 Å². The molecule has 1 rings (SSSR count). The second kappa shape index (κ2) is 9.91. The molecule has 0 heterocycles. The molecule has 0 aliphatic rings. The maximum absolute atomic E-state index is 11.7. The van der Waals surface area contributed by atoms with E-state index in [2.05, 4.69) is 5.10 Å². The van der Waals surface area contributed by atoms with Gasteiger partial charge in [-0.1, -0.05) is 0 Å². The average Bonchev–Trinajstić information content (AvgIpc) is 2.61. The Morgan fingerprint density at radius 3 is 2.56 bits per heavy atom. The van der Waals surface area contributed by atoms with Crippen molar-refractivity contribution in [3.8, 4) is 11.5 Å². The van der Waals surface area contributed by atoms with Gasteiger partial charge in [-0.3, -0.25) is 4.79 Å². The summed E-state index contributed by atoms with van der Waals surface area (Å²) in [6.45, 7) is 1.24. The lowest BCUT2D eigenvalue weighted by molar-refractivity contribution is -0.148. The minimum absolute atomic E-state index is 0.0574. The summed E-state index contributed by atoms with van der Waals surface area (Å²) < 4.78 is 5.19. The molecule has 0 aliphatic carbocycles. The number of hydrogen-bond donors (Lipinski definition) is 7. The van der Waals surface area contributed by atoms with Crippen LogP contribution in [0.25, 0.3) is 0 Å². The summed E-state index contributed by atoms with van der Waals surface area (Å²) in [7, 11) is 0. The first-order valence-corrected chi connectivity index (χ1v) is 7.43. The van der Waals surface area contributed by atoms with E-state index < -0.39 is 36.9 Å². The van der Waals surface area contributed by atoms with Crippen molar-refractivity contribution >= 4 is 12.1 Å². The van der Waals surface area contributed by atoms with E-state index in [1.165, 1.54) is 24.4 Å². The molecule has 0 aromatic heterocycles. The smallest absolute Gasteiger partial charge is 0.271 e. The number of aliphatic hydroxyl groups is 5. The summed E-state index contributed by atoms with van der Waals surface area (Å²) in [6, 6.07) is 4.35. The summed E-state index contributed by atoms with van der Waals surface area (Å²) in [4.78, 5) is 11.7. The molecule has 0 bridgehead atoms. The van der Waals surface area contributed by atoms with Crippen molar-refractivity contribution in [3.05, 3.63) is 23.8 Å². The van der Waals surface area contributed by atoms with E-state index in [0.717, 1.165) is 0 Å². The molecule has 7 N–H and O–H groups in total. The molecule has 10 heteroatoms. The Kier molecular flexibility index (Phi) is 8.25. The highest BCUT2D eigenvalue weighted by molar-refractivity contribution is 5.85. The fraction of sp³-hybridized carbons (Fsp3) is 0.467. The van der Waals surface area contributed by atoms with E-state index in [0.29, 0.717) is 12.2 Å². The number of aliphatic hydroxyl groups excluding tert-OH is 5. The first-order valence-electron chi connectivity index (χ1n) is 7.43. The fourth-order valence-electron chi connectivity index (χ4n) is 1.80. The van der Waals surface area contributed by atoms with Gasteiger partial charge in [0.1, 0.15) is 18.3 Å². The molecule has 0 saturated heterocycles. The highest BCUT2D eigenvalue weighted by Gasteiger charge is 2.34. The predicted molar refractivity (Wildman–Crippen MR) is 86.1 cm³/mol. The number of rotatable bonds is 9. The number of phenols is 1. The Morgan fingerprint density at radius 2 is 1.96 bits per heavy atom. The predicted octanol–water partition coefficient (Wildman–Crippen LogP) is -2.32. The van der Waals surface area contributed by atoms with Crippen molar-refractivity contribution in [3.63, 3.8) is 0 Å². The van der Waals surface area contributed by atoms with Crippen LogP contribution >= 0.6 is 0 Å². The van der Waals surface area contributed by atoms with E-state index in [1.54, 1.807) is 6.92 Å². The maximum atomic E-state index is 11.7. The van der Waals surface area contributed by atoms with E-state index in [4.69, 9.17) is 9.84 Å². The standard InChI is InChI=1S/C15H22N2O8/c1-2-25-11-5-8(3-4-9(11)19)6-16-17-15(24)14(23)13(22)12(21)10(20)7-18/h3-6,10,12-14,18-23H,2,7H2,1H3,(H,17,24). The van der Waals surface area contributed by atoms with Crippen LogP contribution in [-0.2, 0) is 4.79 Å². The Balaban J connectivity index is 2.66. The molecule has 4 unspecified atom stereocenters. The molecule has 1 amide bonds. The lowest BCUT2D eigenvalue weighted by Crippen LogP contribution is -2.50. The van der Waals surface area contributed by atoms with Gasteiger partial charge < -0.3 is 35.4 Å². The van der Waals surface area contributed by atoms with Crippen molar-refractivity contribution < 1.29 is 40.2 Å². The van der Waals surface area contributed by atoms with Gasteiger partial charge in [-0.2, -0.15) is 5.10 Å². The van der Waals surface area contributed by atoms with E-state index in [-0.39, 0.29) is 11.5 Å². The van der Waals surface area contributed by atoms with Gasteiger partial charge in [0.2, 0.25) is 0 Å². The molecule has 1 aromatic carbocycles. The topological polar surface area (TPSA) is 172 Å². The Bertz CT molecular complexity index is 595. The quantitative estimate of drug-likeness (QED) is 0.190. The molecule has 4 atom stereocenters. The van der Waals surface area contributed by atoms with Crippen LogP contribution in [0.15, 0.2) is 23.3 Å². The van der Waals surface area contributed by atoms with Gasteiger partial charge in [0.05, 0.1) is 19.4 Å². The van der Waals surface area contributed by atoms with Crippen molar-refractivity contribution in [2.45, 2.75) is 31.3 Å². The van der Waals surface area contributed by atoms with E-state index >= 15 is 0 Å². The van der Waals surface area contributed by atoms with Crippen molar-refractivity contribution in [1.29, 1.82) is 0 Å². The number of amides is 1. The molecular formula is C15H22N2O8. The summed E-state index contributed by atoms with van der Waals surface area (Å²) in [6.07, 6.45) is -6.52. The number of carbonyl (C=O) groups is 1. The number of hydrazone groups is 1. The zero-order chi connectivity index (χ0) is 19.0. The number of benzene rings is 1. The zero-order valence-corrected chi connectivity index (χ0v) is 13.5. The maximum Gasteiger partial charge on any atom is 0.271 e. The van der Waals surface area contributed by atoms with Gasteiger partial charge in [-0.15, -0.1) is 0 Å². The van der Waals surface area contributed by atoms with E-state index in [9.17, 15) is 30.3 Å². The van der Waals surface area contributed by atoms with Gasteiger partial charge in [0.25, 0.3) is 5.91 Å². The minimum Gasteiger partial charge on any atom is -0.504 e. The SMILES string of the molecule is CCOc1cc(C=NNC(=O)C(O)C(O)C(O)C(O)CO)ccc1O. The van der Waals surface area contributed by atoms with Crippen LogP contribution in [0.3, 0.4) is 0 Å². The third-order valence-electron chi connectivity index (χ3n) is 3.20. The van der Waals surface area contributed by atoms with Crippen LogP contribution < -0.4 is 10.2 Å². The van der Waals surface area contributed by atoms with Gasteiger partial charge in [-0.05, 0) is 30.7 Å². The highest BCUT2D eigenvalue weighted by Crippen LogP contribution is 2.26. The van der Waals surface area contributed by atoms with Crippen LogP contribution in [0.2, 0.25) is 0 Å². The summed E-state index contributed by atoms with van der Waals surface area (Å²) in [5, 5.41) is 59.6. The Labute approximate surface area is 143 Å². The monoisotopic (exact) mass is 358 g/mol. The van der Waals surface area contributed by atoms with Gasteiger partial charge in [0.15, 0.2) is 17.6 Å². The number of carbonyl (C=O) groups excluding carboxylic acids is 1. The second-order valence-electron chi connectivity index (χ2n) is 5.07. The van der Waals surface area contributed by atoms with Crippen molar-refractivity contribution in [2.75, 3.05) is 13.2 Å². The molecular weight excluding hydrogens is 336 g/mol. The van der Waals surface area contributed by atoms with Crippen molar-refractivity contribution in [1.82, 2.24) is 5.43 Å². The molecule has 1 aromatic rings. The third kappa shape index (κ3) is 5.96. The molecule has 0 spiro atoms.